The quantitative estimate of drug-likeness (QED) is 0.178. The van der Waals surface area contributed by atoms with Crippen LogP contribution in [0.5, 0.6) is 0 Å². The zero-order valence-corrected chi connectivity index (χ0v) is 5.41. The molecule has 0 heterocycles. The third-order valence-corrected chi connectivity index (χ3v) is 0. The molecule has 0 rings (SSSR count). The van der Waals surface area contributed by atoms with Crippen LogP contribution in [0.3, 0.4) is 0 Å². The Hall–Kier alpha value is 10.8. The van der Waals surface area contributed by atoms with E-state index in [1.54, 1.807) is 0 Å². The van der Waals surface area contributed by atoms with Crippen molar-refractivity contribution in [3.8, 4) is 0 Å². The average molecular weight is 498 g/mol. The van der Waals surface area contributed by atoms with Crippen molar-refractivity contribution >= 4 is 403 Å². The Labute approximate surface area is 434 Å². The number of hydrogen-bond acceptors (Lipinski definition) is 3. The van der Waals surface area contributed by atoms with Crippen molar-refractivity contribution in [3.05, 3.63) is 0 Å². The SMILES string of the molecule is O=C(O)O.O=C(O)O.O=C(O)O.[NaH].[NaH].[NaH].[NaH].[NaH].[NaH].[NaH].[NaH].[NaH].[NaH].[NaH].[NaH].[NaH]. The fourth-order valence-electron chi connectivity index (χ4n) is 0. The van der Waals surface area contributed by atoms with Crippen LogP contribution in [0.4, 0.5) is 14.4 Å². The standard InChI is InChI=1S/3CH2O3.13Na.13H/c3*2-1(3)4;;;;;;;;;;;;;;;;;;;;;;;;;;/h3*(H2,2,3,4);;;;;;;;;;;;;;;;;;;;;;;;;;. The Morgan fingerprint density at radius 2 is 0.280 bits per heavy atom. The molecule has 25 heavy (non-hydrogen) atoms. The van der Waals surface area contributed by atoms with Gasteiger partial charge in [-0.1, -0.05) is 0 Å². The fraction of sp³-hybridized carbons (Fsp3) is 0. The monoisotopic (exact) mass is 498 g/mol. The van der Waals surface area contributed by atoms with E-state index in [0.717, 1.165) is 0 Å². The molecule has 0 fully saturated rings. The van der Waals surface area contributed by atoms with Crippen molar-refractivity contribution in [1.82, 2.24) is 0 Å². The Kier molecular flexibility index (Phi) is 448. The molecular formula is C3H19Na13O9. The molecule has 0 bridgehead atoms. The first-order chi connectivity index (χ1) is 5.20. The Morgan fingerprint density at radius 1 is 0.280 bits per heavy atom. The van der Waals surface area contributed by atoms with Gasteiger partial charge in [-0.15, -0.1) is 0 Å². The minimum absolute atomic E-state index is 0. The molecule has 0 saturated carbocycles. The first-order valence-corrected chi connectivity index (χ1v) is 1.95. The molecule has 0 atom stereocenters. The number of carbonyl (C=O) groups is 3. The molecule has 0 aromatic carbocycles. The summed E-state index contributed by atoms with van der Waals surface area (Å²) in [5, 5.41) is 41.8. The van der Waals surface area contributed by atoms with Crippen molar-refractivity contribution in [3.63, 3.8) is 0 Å². The normalized spacial score (nSPS) is 2.88. The van der Waals surface area contributed by atoms with Gasteiger partial charge in [-0.3, -0.25) is 0 Å². The molecule has 0 aliphatic rings. The van der Waals surface area contributed by atoms with Crippen molar-refractivity contribution < 1.29 is 45.0 Å². The van der Waals surface area contributed by atoms with Crippen LogP contribution in [0, 0.1) is 0 Å². The van der Waals surface area contributed by atoms with Gasteiger partial charge in [0.25, 0.3) is 0 Å². The van der Waals surface area contributed by atoms with Crippen LogP contribution in [0.25, 0.3) is 0 Å². The second kappa shape index (κ2) is 101. The van der Waals surface area contributed by atoms with Crippen molar-refractivity contribution in [2.75, 3.05) is 0 Å². The van der Waals surface area contributed by atoms with Crippen LogP contribution in [0.15, 0.2) is 0 Å². The third-order valence-electron chi connectivity index (χ3n) is 0. The van der Waals surface area contributed by atoms with Crippen LogP contribution in [0.1, 0.15) is 0 Å². The van der Waals surface area contributed by atoms with E-state index >= 15 is 0 Å². The van der Waals surface area contributed by atoms with E-state index in [1.165, 1.54) is 0 Å². The van der Waals surface area contributed by atoms with Gasteiger partial charge in [0.1, 0.15) is 0 Å². The molecule has 98 valence electrons. The van der Waals surface area contributed by atoms with Crippen LogP contribution < -0.4 is 0 Å². The average Bonchev–Trinajstić information content (AvgIpc) is 1.54. The molecule has 22 heteroatoms. The molecule has 0 spiro atoms. The summed E-state index contributed by atoms with van der Waals surface area (Å²) in [7, 11) is 0. The second-order valence-corrected chi connectivity index (χ2v) is 0.848. The molecule has 9 nitrogen and oxygen atoms in total. The van der Waals surface area contributed by atoms with E-state index < -0.39 is 18.5 Å². The van der Waals surface area contributed by atoms with Gasteiger partial charge < -0.3 is 30.6 Å². The first kappa shape index (κ1) is 111. The van der Waals surface area contributed by atoms with Crippen LogP contribution >= 0.6 is 0 Å². The Bertz CT molecular complexity index is 132. The molecule has 0 aliphatic carbocycles. The van der Waals surface area contributed by atoms with E-state index in [4.69, 9.17) is 45.0 Å². The van der Waals surface area contributed by atoms with E-state index in [1.807, 2.05) is 0 Å². The maximum absolute atomic E-state index is 8.56. The zero-order valence-electron chi connectivity index (χ0n) is 5.41. The van der Waals surface area contributed by atoms with E-state index in [9.17, 15) is 0 Å². The molecule has 0 saturated heterocycles. The van der Waals surface area contributed by atoms with Gasteiger partial charge in [0, 0.05) is 0 Å². The van der Waals surface area contributed by atoms with Crippen molar-refractivity contribution in [2.45, 2.75) is 0 Å². The molecule has 0 unspecified atom stereocenters. The predicted molar refractivity (Wildman–Crippen MR) is 125 cm³/mol. The molecule has 0 aromatic heterocycles. The molecule has 0 radical (unpaired) electrons. The summed E-state index contributed by atoms with van der Waals surface area (Å²) in [4.78, 5) is 25.7. The zero-order chi connectivity index (χ0) is 10.7. The molecular weight excluding hydrogens is 479 g/mol. The summed E-state index contributed by atoms with van der Waals surface area (Å²) in [6, 6.07) is 0. The number of hydrogen-bond donors (Lipinski definition) is 6. The molecule has 0 aliphatic heterocycles. The van der Waals surface area contributed by atoms with Crippen LogP contribution in [-0.4, -0.2) is 433 Å². The minimum atomic E-state index is -1.83. The summed E-state index contributed by atoms with van der Waals surface area (Å²) >= 11 is 0. The van der Waals surface area contributed by atoms with E-state index in [2.05, 4.69) is 0 Å². The maximum atomic E-state index is 8.56. The Balaban J connectivity index is -0.00000000276. The fourth-order valence-corrected chi connectivity index (χ4v) is 0. The predicted octanol–water partition coefficient (Wildman–Crippen LogP) is -7.76. The van der Waals surface area contributed by atoms with E-state index in [0.29, 0.717) is 0 Å². The third kappa shape index (κ3) is 321. The molecule has 0 amide bonds. The van der Waals surface area contributed by atoms with Gasteiger partial charge in [0.2, 0.25) is 0 Å². The number of carboxylic acid groups (broad SMARTS) is 6. The first-order valence-electron chi connectivity index (χ1n) is 1.95. The summed E-state index contributed by atoms with van der Waals surface area (Å²) < 4.78 is 0. The van der Waals surface area contributed by atoms with Crippen LogP contribution in [-0.2, 0) is 0 Å². The van der Waals surface area contributed by atoms with Crippen LogP contribution in [0.2, 0.25) is 0 Å². The van der Waals surface area contributed by atoms with Gasteiger partial charge >= 0.3 is 403 Å². The van der Waals surface area contributed by atoms with Gasteiger partial charge in [-0.2, -0.15) is 0 Å². The molecule has 0 aromatic rings. The topological polar surface area (TPSA) is 173 Å². The summed E-state index contributed by atoms with van der Waals surface area (Å²) in [6.07, 6.45) is -5.50. The van der Waals surface area contributed by atoms with Gasteiger partial charge in [-0.25, -0.2) is 14.4 Å². The second-order valence-electron chi connectivity index (χ2n) is 0.848. The van der Waals surface area contributed by atoms with Gasteiger partial charge in [0.05, 0.1) is 0 Å². The van der Waals surface area contributed by atoms with Gasteiger partial charge in [0.15, 0.2) is 0 Å². The van der Waals surface area contributed by atoms with Crippen molar-refractivity contribution in [2.24, 2.45) is 0 Å². The summed E-state index contributed by atoms with van der Waals surface area (Å²) in [5.74, 6) is 0. The van der Waals surface area contributed by atoms with Crippen molar-refractivity contribution in [1.29, 1.82) is 0 Å². The molecule has 6 N–H and O–H groups in total. The van der Waals surface area contributed by atoms with E-state index in [-0.39, 0.29) is 384 Å². The van der Waals surface area contributed by atoms with Gasteiger partial charge in [-0.05, 0) is 0 Å². The summed E-state index contributed by atoms with van der Waals surface area (Å²) in [6.45, 7) is 0. The Morgan fingerprint density at radius 3 is 0.280 bits per heavy atom. The summed E-state index contributed by atoms with van der Waals surface area (Å²) in [5.41, 5.74) is 0. The number of rotatable bonds is 0.